The molecule has 116 valence electrons. The number of hydrogen-bond acceptors (Lipinski definition) is 3. The smallest absolute Gasteiger partial charge is 0.123 e. The Bertz CT molecular complexity index is 494. The first-order valence-corrected chi connectivity index (χ1v) is 8.04. The number of fused-ring (bicyclic) bond motifs is 1. The number of rotatable bonds is 4. The van der Waals surface area contributed by atoms with E-state index in [1.54, 1.807) is 12.1 Å². The summed E-state index contributed by atoms with van der Waals surface area (Å²) in [7, 11) is 2.06. The van der Waals surface area contributed by atoms with Crippen molar-refractivity contribution in [1.82, 2.24) is 10.2 Å². The summed E-state index contributed by atoms with van der Waals surface area (Å²) in [5.74, 6) is 1.41. The lowest BCUT2D eigenvalue weighted by molar-refractivity contribution is 0.0925. The summed E-state index contributed by atoms with van der Waals surface area (Å²) in [5.41, 5.74) is 1.01. The van der Waals surface area contributed by atoms with Gasteiger partial charge in [0.15, 0.2) is 0 Å². The van der Waals surface area contributed by atoms with Gasteiger partial charge in [-0.3, -0.25) is 4.90 Å². The molecule has 2 aliphatic heterocycles. The highest BCUT2D eigenvalue weighted by Crippen LogP contribution is 2.30. The van der Waals surface area contributed by atoms with Crippen molar-refractivity contribution in [3.63, 3.8) is 0 Å². The SMILES string of the molecule is CCC1CN(CC2Cc3cc(F)ccc3O2)CCC1NC. The van der Waals surface area contributed by atoms with Crippen LogP contribution in [0.2, 0.25) is 0 Å². The van der Waals surface area contributed by atoms with Crippen LogP contribution in [0.5, 0.6) is 5.75 Å². The lowest BCUT2D eigenvalue weighted by atomic mass is 9.90. The molecule has 0 aliphatic carbocycles. The molecule has 0 amide bonds. The Morgan fingerprint density at radius 1 is 1.43 bits per heavy atom. The van der Waals surface area contributed by atoms with E-state index in [0.29, 0.717) is 12.0 Å². The molecule has 1 aromatic rings. The number of piperidine rings is 1. The summed E-state index contributed by atoms with van der Waals surface area (Å²) in [6.07, 6.45) is 3.41. The third kappa shape index (κ3) is 3.22. The van der Waals surface area contributed by atoms with Crippen molar-refractivity contribution < 1.29 is 9.13 Å². The highest BCUT2D eigenvalue weighted by molar-refractivity contribution is 5.37. The normalized spacial score (nSPS) is 29.2. The second kappa shape index (κ2) is 6.32. The third-order valence-corrected chi connectivity index (χ3v) is 4.94. The van der Waals surface area contributed by atoms with Crippen molar-refractivity contribution >= 4 is 0 Å². The maximum Gasteiger partial charge on any atom is 0.123 e. The summed E-state index contributed by atoms with van der Waals surface area (Å²) < 4.78 is 19.2. The average Bonchev–Trinajstić information content (AvgIpc) is 2.88. The Morgan fingerprint density at radius 3 is 3.05 bits per heavy atom. The van der Waals surface area contributed by atoms with E-state index in [1.165, 1.54) is 18.9 Å². The predicted molar refractivity (Wildman–Crippen MR) is 82.2 cm³/mol. The van der Waals surface area contributed by atoms with Gasteiger partial charge in [-0.05, 0) is 44.1 Å². The van der Waals surface area contributed by atoms with Crippen LogP contribution in [-0.2, 0) is 6.42 Å². The molecule has 0 saturated carbocycles. The van der Waals surface area contributed by atoms with Gasteiger partial charge in [0.25, 0.3) is 0 Å². The fourth-order valence-corrected chi connectivity index (χ4v) is 3.75. The second-order valence-electron chi connectivity index (χ2n) is 6.31. The first kappa shape index (κ1) is 14.8. The van der Waals surface area contributed by atoms with Gasteiger partial charge in [-0.2, -0.15) is 0 Å². The Kier molecular flexibility index (Phi) is 4.45. The third-order valence-electron chi connectivity index (χ3n) is 4.94. The largest absolute Gasteiger partial charge is 0.488 e. The van der Waals surface area contributed by atoms with Crippen molar-refractivity contribution in [2.45, 2.75) is 38.3 Å². The van der Waals surface area contributed by atoms with Crippen LogP contribution in [-0.4, -0.2) is 43.7 Å². The van der Waals surface area contributed by atoms with Gasteiger partial charge >= 0.3 is 0 Å². The molecule has 1 saturated heterocycles. The molecule has 0 bridgehead atoms. The van der Waals surface area contributed by atoms with Crippen LogP contribution in [0.3, 0.4) is 0 Å². The minimum absolute atomic E-state index is 0.168. The summed E-state index contributed by atoms with van der Waals surface area (Å²) in [5, 5.41) is 3.44. The van der Waals surface area contributed by atoms with Gasteiger partial charge in [0.2, 0.25) is 0 Å². The van der Waals surface area contributed by atoms with Crippen LogP contribution in [0.4, 0.5) is 4.39 Å². The Hall–Kier alpha value is -1.13. The van der Waals surface area contributed by atoms with Gasteiger partial charge in [-0.1, -0.05) is 13.3 Å². The molecule has 3 rings (SSSR count). The van der Waals surface area contributed by atoms with Crippen molar-refractivity contribution in [2.75, 3.05) is 26.7 Å². The van der Waals surface area contributed by atoms with Crippen molar-refractivity contribution in [3.8, 4) is 5.75 Å². The number of nitrogens with one attached hydrogen (secondary N) is 1. The number of benzene rings is 1. The summed E-state index contributed by atoms with van der Waals surface area (Å²) in [6.45, 7) is 5.46. The van der Waals surface area contributed by atoms with E-state index in [4.69, 9.17) is 4.74 Å². The van der Waals surface area contributed by atoms with E-state index in [2.05, 4.69) is 24.2 Å². The molecule has 4 heteroatoms. The lowest BCUT2D eigenvalue weighted by Gasteiger charge is -2.39. The van der Waals surface area contributed by atoms with E-state index in [-0.39, 0.29) is 11.9 Å². The van der Waals surface area contributed by atoms with Crippen LogP contribution in [0.1, 0.15) is 25.3 Å². The van der Waals surface area contributed by atoms with E-state index >= 15 is 0 Å². The van der Waals surface area contributed by atoms with Gasteiger partial charge in [0.05, 0.1) is 0 Å². The fraction of sp³-hybridized carbons (Fsp3) is 0.647. The molecule has 3 atom stereocenters. The fourth-order valence-electron chi connectivity index (χ4n) is 3.75. The van der Waals surface area contributed by atoms with E-state index < -0.39 is 0 Å². The summed E-state index contributed by atoms with van der Waals surface area (Å²) >= 11 is 0. The van der Waals surface area contributed by atoms with Crippen molar-refractivity contribution in [3.05, 3.63) is 29.6 Å². The predicted octanol–water partition coefficient (Wildman–Crippen LogP) is 2.45. The average molecular weight is 292 g/mol. The molecule has 1 aromatic carbocycles. The number of hydrogen-bond donors (Lipinski definition) is 1. The maximum atomic E-state index is 13.3. The van der Waals surface area contributed by atoms with E-state index in [9.17, 15) is 4.39 Å². The molecule has 21 heavy (non-hydrogen) atoms. The zero-order chi connectivity index (χ0) is 14.8. The Labute approximate surface area is 126 Å². The highest BCUT2D eigenvalue weighted by Gasteiger charge is 2.30. The summed E-state index contributed by atoms with van der Waals surface area (Å²) in [6, 6.07) is 5.48. The topological polar surface area (TPSA) is 24.5 Å². The van der Waals surface area contributed by atoms with Crippen LogP contribution in [0, 0.1) is 11.7 Å². The van der Waals surface area contributed by atoms with Gasteiger partial charge in [-0.25, -0.2) is 4.39 Å². The number of ether oxygens (including phenoxy) is 1. The molecule has 1 N–H and O–H groups in total. The quantitative estimate of drug-likeness (QED) is 0.922. The highest BCUT2D eigenvalue weighted by atomic mass is 19.1. The molecule has 0 spiro atoms. The van der Waals surface area contributed by atoms with Crippen LogP contribution in [0.25, 0.3) is 0 Å². The molecular formula is C17H25FN2O. The standard InChI is InChI=1S/C17H25FN2O/c1-3-12-10-20(7-6-16(12)19-2)11-15-9-13-8-14(18)4-5-17(13)21-15/h4-5,8,12,15-16,19H,3,6-7,9-11H2,1-2H3. The van der Waals surface area contributed by atoms with Crippen molar-refractivity contribution in [1.29, 1.82) is 0 Å². The lowest BCUT2D eigenvalue weighted by Crippen LogP contribution is -2.50. The number of likely N-dealkylation sites (tertiary alicyclic amines) is 1. The first-order chi connectivity index (χ1) is 10.2. The molecule has 3 nitrogen and oxygen atoms in total. The van der Waals surface area contributed by atoms with Crippen LogP contribution in [0.15, 0.2) is 18.2 Å². The van der Waals surface area contributed by atoms with E-state index in [1.807, 2.05) is 0 Å². The zero-order valence-electron chi connectivity index (χ0n) is 12.9. The molecule has 0 aromatic heterocycles. The molecule has 3 unspecified atom stereocenters. The number of nitrogens with zero attached hydrogens (tertiary/aromatic N) is 1. The van der Waals surface area contributed by atoms with Crippen LogP contribution < -0.4 is 10.1 Å². The van der Waals surface area contributed by atoms with Crippen LogP contribution >= 0.6 is 0 Å². The number of halogens is 1. The Balaban J connectivity index is 1.57. The molecule has 0 radical (unpaired) electrons. The molecular weight excluding hydrogens is 267 g/mol. The first-order valence-electron chi connectivity index (χ1n) is 8.04. The van der Waals surface area contributed by atoms with Gasteiger partial charge in [-0.15, -0.1) is 0 Å². The monoisotopic (exact) mass is 292 g/mol. The van der Waals surface area contributed by atoms with E-state index in [0.717, 1.165) is 37.4 Å². The minimum atomic E-state index is -0.168. The second-order valence-corrected chi connectivity index (χ2v) is 6.31. The zero-order valence-corrected chi connectivity index (χ0v) is 12.9. The van der Waals surface area contributed by atoms with Gasteiger partial charge in [0.1, 0.15) is 17.7 Å². The molecule has 2 aliphatic rings. The van der Waals surface area contributed by atoms with Crippen molar-refractivity contribution in [2.24, 2.45) is 5.92 Å². The molecule has 2 heterocycles. The molecule has 1 fully saturated rings. The summed E-state index contributed by atoms with van der Waals surface area (Å²) in [4.78, 5) is 2.51. The maximum absolute atomic E-state index is 13.3. The minimum Gasteiger partial charge on any atom is -0.488 e. The van der Waals surface area contributed by atoms with Gasteiger partial charge in [0, 0.05) is 31.1 Å². The van der Waals surface area contributed by atoms with Gasteiger partial charge < -0.3 is 10.1 Å². The Morgan fingerprint density at radius 2 is 2.29 bits per heavy atom.